The van der Waals surface area contributed by atoms with Crippen molar-refractivity contribution in [1.82, 2.24) is 0 Å². The third-order valence-electron chi connectivity index (χ3n) is 18.4. The highest BCUT2D eigenvalue weighted by Crippen LogP contribution is 2.45. The molecule has 0 rings (SSSR count). The van der Waals surface area contributed by atoms with Gasteiger partial charge in [0, 0.05) is 25.7 Å². The molecule has 0 spiro atoms. The molecule has 97 heavy (non-hydrogen) atoms. The predicted octanol–water partition coefficient (Wildman–Crippen LogP) is 22.8. The molecule has 0 radical (unpaired) electrons. The van der Waals surface area contributed by atoms with E-state index in [1.54, 1.807) is 0 Å². The molecule has 0 aromatic rings. The van der Waals surface area contributed by atoms with Gasteiger partial charge in [0.15, 0.2) is 12.2 Å². The standard InChI is InChI=1S/C78H152O17P2/c1-9-71(8)57-49-41-32-26-22-23-29-35-45-53-61-78(83)94-73(64-88-75(80)58-50-42-33-27-20-17-16-19-25-31-39-47-55-69(4)5)66-92-96(84,85)90-62-72(79)63-91-97(86,87)93-67-74(65-89-76(81)59-51-43-37-36-40-48-56-70(6)7)95-77(82)60-52-44-34-28-21-15-13-11-10-12-14-18-24-30-38-46-54-68(2)3/h68-74,79H,9-67H2,1-8H3,(H,84,85)(H,86,87)/t71?,72?,73-,74-/m1/s1. The van der Waals surface area contributed by atoms with Gasteiger partial charge in [-0.2, -0.15) is 0 Å². The van der Waals surface area contributed by atoms with Gasteiger partial charge in [-0.15, -0.1) is 0 Å². The lowest BCUT2D eigenvalue weighted by atomic mass is 9.99. The van der Waals surface area contributed by atoms with Gasteiger partial charge < -0.3 is 33.8 Å². The van der Waals surface area contributed by atoms with Crippen molar-refractivity contribution in [3.63, 3.8) is 0 Å². The molecule has 0 bridgehead atoms. The molecule has 0 saturated carbocycles. The number of carbonyl (C=O) groups is 4. The highest BCUT2D eigenvalue weighted by molar-refractivity contribution is 7.47. The summed E-state index contributed by atoms with van der Waals surface area (Å²) in [7, 11) is -9.92. The lowest BCUT2D eigenvalue weighted by molar-refractivity contribution is -0.161. The van der Waals surface area contributed by atoms with Crippen LogP contribution in [-0.2, 0) is 65.4 Å². The monoisotopic (exact) mass is 1420 g/mol. The van der Waals surface area contributed by atoms with Crippen molar-refractivity contribution in [3.05, 3.63) is 0 Å². The Hall–Kier alpha value is -1.94. The Labute approximate surface area is 594 Å². The van der Waals surface area contributed by atoms with Crippen LogP contribution in [0.15, 0.2) is 0 Å². The van der Waals surface area contributed by atoms with Crippen molar-refractivity contribution >= 4 is 39.5 Å². The Kier molecular flexibility index (Phi) is 65.9. The molecule has 0 saturated heterocycles. The number of esters is 4. The fourth-order valence-electron chi connectivity index (χ4n) is 11.9. The number of phosphoric acid groups is 2. The lowest BCUT2D eigenvalue weighted by Crippen LogP contribution is -2.30. The predicted molar refractivity (Wildman–Crippen MR) is 395 cm³/mol. The van der Waals surface area contributed by atoms with E-state index in [-0.39, 0.29) is 25.7 Å². The van der Waals surface area contributed by atoms with Crippen molar-refractivity contribution in [1.29, 1.82) is 0 Å². The van der Waals surface area contributed by atoms with E-state index in [1.165, 1.54) is 193 Å². The number of hydrogen-bond donors (Lipinski definition) is 3. The summed E-state index contributed by atoms with van der Waals surface area (Å²) in [5.41, 5.74) is 0. The third-order valence-corrected chi connectivity index (χ3v) is 20.3. The minimum absolute atomic E-state index is 0.106. The van der Waals surface area contributed by atoms with E-state index in [2.05, 4.69) is 55.4 Å². The van der Waals surface area contributed by atoms with E-state index >= 15 is 0 Å². The zero-order valence-electron chi connectivity index (χ0n) is 63.7. The Morgan fingerprint density at radius 3 is 0.732 bits per heavy atom. The van der Waals surface area contributed by atoms with Crippen molar-refractivity contribution < 1.29 is 80.2 Å². The number of aliphatic hydroxyl groups excluding tert-OH is 1. The first-order valence-corrected chi connectivity index (χ1v) is 43.2. The second-order valence-electron chi connectivity index (χ2n) is 29.8. The highest BCUT2D eigenvalue weighted by Gasteiger charge is 2.30. The van der Waals surface area contributed by atoms with E-state index in [9.17, 15) is 43.2 Å². The Morgan fingerprint density at radius 2 is 0.495 bits per heavy atom. The average molecular weight is 1420 g/mol. The second-order valence-corrected chi connectivity index (χ2v) is 32.7. The number of ether oxygens (including phenoxy) is 4. The van der Waals surface area contributed by atoms with Crippen LogP contribution in [0.1, 0.15) is 396 Å². The molecule has 576 valence electrons. The summed E-state index contributed by atoms with van der Waals surface area (Å²) in [5, 5.41) is 10.6. The molecule has 0 aromatic carbocycles. The number of rotatable bonds is 75. The molecule has 4 unspecified atom stereocenters. The SMILES string of the molecule is CCC(C)CCCCCCCCCCCCC(=O)O[C@H](COC(=O)CCCCCCCCCCCCCCC(C)C)COP(=O)(O)OCC(O)COP(=O)(O)OC[C@@H](COC(=O)CCCCCCCCC(C)C)OC(=O)CCCCCCCCCCCCCCCCCCC(C)C. The highest BCUT2D eigenvalue weighted by atomic mass is 31.2. The Morgan fingerprint density at radius 1 is 0.289 bits per heavy atom. The van der Waals surface area contributed by atoms with Crippen LogP contribution in [0.5, 0.6) is 0 Å². The van der Waals surface area contributed by atoms with Crippen LogP contribution in [0.2, 0.25) is 0 Å². The molecule has 0 amide bonds. The Balaban J connectivity index is 5.22. The van der Waals surface area contributed by atoms with E-state index in [0.29, 0.717) is 31.6 Å². The molecule has 0 aliphatic heterocycles. The fourth-order valence-corrected chi connectivity index (χ4v) is 13.5. The van der Waals surface area contributed by atoms with Crippen LogP contribution < -0.4 is 0 Å². The van der Waals surface area contributed by atoms with Gasteiger partial charge in [0.1, 0.15) is 19.3 Å². The fraction of sp³-hybridized carbons (Fsp3) is 0.949. The van der Waals surface area contributed by atoms with Gasteiger partial charge in [-0.1, -0.05) is 344 Å². The normalized spacial score (nSPS) is 14.4. The van der Waals surface area contributed by atoms with Crippen LogP contribution in [0.4, 0.5) is 0 Å². The third kappa shape index (κ3) is 70.9. The number of hydrogen-bond acceptors (Lipinski definition) is 15. The van der Waals surface area contributed by atoms with E-state index in [4.69, 9.17) is 37.0 Å². The first-order valence-electron chi connectivity index (χ1n) is 40.2. The molecule has 0 heterocycles. The maximum atomic E-state index is 13.1. The van der Waals surface area contributed by atoms with Gasteiger partial charge in [-0.3, -0.25) is 37.3 Å². The largest absolute Gasteiger partial charge is 0.472 e. The van der Waals surface area contributed by atoms with Crippen molar-refractivity contribution in [2.45, 2.75) is 414 Å². The number of unbranched alkanes of at least 4 members (excludes halogenated alkanes) is 40. The summed E-state index contributed by atoms with van der Waals surface area (Å²) in [6.45, 7) is 14.2. The van der Waals surface area contributed by atoms with Crippen LogP contribution in [0.3, 0.4) is 0 Å². The molecule has 19 heteroatoms. The Bertz CT molecular complexity index is 1900. The molecule has 0 fully saturated rings. The van der Waals surface area contributed by atoms with E-state index in [0.717, 1.165) is 114 Å². The van der Waals surface area contributed by atoms with Crippen LogP contribution in [-0.4, -0.2) is 96.7 Å². The summed E-state index contributed by atoms with van der Waals surface area (Å²) in [4.78, 5) is 72.9. The average Bonchev–Trinajstić information content (AvgIpc) is 1.62. The zero-order valence-corrected chi connectivity index (χ0v) is 65.5. The summed E-state index contributed by atoms with van der Waals surface area (Å²) in [6, 6.07) is 0. The van der Waals surface area contributed by atoms with Crippen LogP contribution >= 0.6 is 15.6 Å². The summed E-state index contributed by atoms with van der Waals surface area (Å²) in [5.74, 6) is 0.954. The molecular weight excluding hydrogens is 1270 g/mol. The van der Waals surface area contributed by atoms with Crippen molar-refractivity contribution in [2.75, 3.05) is 39.6 Å². The first-order chi connectivity index (χ1) is 46.6. The number of carbonyl (C=O) groups excluding carboxylic acids is 4. The van der Waals surface area contributed by atoms with Gasteiger partial charge in [0.2, 0.25) is 0 Å². The maximum absolute atomic E-state index is 13.1. The summed E-state index contributed by atoms with van der Waals surface area (Å²) in [6.07, 6.45) is 52.8. The lowest BCUT2D eigenvalue weighted by Gasteiger charge is -2.21. The molecule has 17 nitrogen and oxygen atoms in total. The molecule has 0 aliphatic rings. The quantitative estimate of drug-likeness (QED) is 0.0222. The van der Waals surface area contributed by atoms with Crippen molar-refractivity contribution in [2.24, 2.45) is 23.7 Å². The first kappa shape index (κ1) is 95.1. The smallest absolute Gasteiger partial charge is 0.462 e. The van der Waals surface area contributed by atoms with Crippen molar-refractivity contribution in [3.8, 4) is 0 Å². The molecule has 3 N–H and O–H groups in total. The number of aliphatic hydroxyl groups is 1. The molecule has 0 aliphatic carbocycles. The van der Waals surface area contributed by atoms with Gasteiger partial charge in [0.25, 0.3) is 0 Å². The van der Waals surface area contributed by atoms with Gasteiger partial charge in [-0.25, -0.2) is 9.13 Å². The molecule has 6 atom stereocenters. The second kappa shape index (κ2) is 67.2. The molecular formula is C78H152O17P2. The summed E-state index contributed by atoms with van der Waals surface area (Å²) < 4.78 is 68.6. The van der Waals surface area contributed by atoms with Gasteiger partial charge in [0.05, 0.1) is 26.4 Å². The van der Waals surface area contributed by atoms with Gasteiger partial charge >= 0.3 is 39.5 Å². The van der Waals surface area contributed by atoms with E-state index < -0.39 is 97.5 Å². The molecule has 0 aromatic heterocycles. The summed E-state index contributed by atoms with van der Waals surface area (Å²) >= 11 is 0. The minimum Gasteiger partial charge on any atom is -0.462 e. The van der Waals surface area contributed by atoms with Gasteiger partial charge in [-0.05, 0) is 49.4 Å². The minimum atomic E-state index is -4.96. The topological polar surface area (TPSA) is 237 Å². The number of phosphoric ester groups is 2. The van der Waals surface area contributed by atoms with Crippen LogP contribution in [0, 0.1) is 23.7 Å². The maximum Gasteiger partial charge on any atom is 0.472 e. The van der Waals surface area contributed by atoms with E-state index in [1.807, 2.05) is 0 Å². The van der Waals surface area contributed by atoms with Crippen LogP contribution in [0.25, 0.3) is 0 Å². The zero-order chi connectivity index (χ0) is 71.7.